The molecule has 0 spiro atoms. The number of carbonyl (C=O) groups is 2. The first-order valence-corrected chi connectivity index (χ1v) is 8.84. The van der Waals surface area contributed by atoms with E-state index in [0.717, 1.165) is 11.3 Å². The molecule has 0 aliphatic rings. The van der Waals surface area contributed by atoms with Crippen LogP contribution in [0, 0.1) is 18.3 Å². The van der Waals surface area contributed by atoms with Gasteiger partial charge in [-0.15, -0.1) is 0 Å². The van der Waals surface area contributed by atoms with Crippen molar-refractivity contribution in [2.45, 2.75) is 13.5 Å². The molecule has 0 aliphatic carbocycles. The normalized spacial score (nSPS) is 10.2. The van der Waals surface area contributed by atoms with E-state index in [4.69, 9.17) is 5.26 Å². The average Bonchev–Trinajstić information content (AvgIpc) is 2.72. The van der Waals surface area contributed by atoms with Gasteiger partial charge >= 0.3 is 11.9 Å². The molecule has 0 aliphatic heterocycles. The number of nitriles is 1. The minimum absolute atomic E-state index is 0.0400. The van der Waals surface area contributed by atoms with E-state index in [1.54, 1.807) is 12.1 Å². The summed E-state index contributed by atoms with van der Waals surface area (Å²) in [5, 5.41) is 31.1. The van der Waals surface area contributed by atoms with Crippen molar-refractivity contribution in [2.75, 3.05) is 5.32 Å². The maximum atomic E-state index is 11.6. The number of carboxylic acids is 2. The Kier molecular flexibility index (Phi) is 5.61. The Hall–Kier alpha value is -4.11. The number of benzene rings is 3. The van der Waals surface area contributed by atoms with Crippen LogP contribution in [0.1, 0.15) is 37.4 Å². The van der Waals surface area contributed by atoms with Crippen LogP contribution in [0.4, 0.5) is 5.69 Å². The highest BCUT2D eigenvalue weighted by Crippen LogP contribution is 2.31. The van der Waals surface area contributed by atoms with Gasteiger partial charge in [-0.05, 0) is 53.9 Å². The zero-order valence-electron chi connectivity index (χ0n) is 15.6. The fourth-order valence-corrected chi connectivity index (χ4v) is 3.10. The molecule has 0 saturated heterocycles. The number of anilines is 1. The van der Waals surface area contributed by atoms with Crippen molar-refractivity contribution >= 4 is 17.6 Å². The first-order chi connectivity index (χ1) is 13.9. The molecule has 0 unspecified atom stereocenters. The van der Waals surface area contributed by atoms with Gasteiger partial charge in [-0.3, -0.25) is 0 Å². The van der Waals surface area contributed by atoms with Crippen LogP contribution in [0.15, 0.2) is 60.7 Å². The molecular formula is C23H18N2O4. The molecule has 6 heteroatoms. The summed E-state index contributed by atoms with van der Waals surface area (Å²) >= 11 is 0. The van der Waals surface area contributed by atoms with Crippen molar-refractivity contribution in [3.63, 3.8) is 0 Å². The largest absolute Gasteiger partial charge is 0.478 e. The molecule has 3 aromatic carbocycles. The van der Waals surface area contributed by atoms with Crippen LogP contribution in [0.5, 0.6) is 0 Å². The highest BCUT2D eigenvalue weighted by Gasteiger charge is 2.18. The van der Waals surface area contributed by atoms with Crippen molar-refractivity contribution in [3.8, 4) is 17.2 Å². The predicted molar refractivity (Wildman–Crippen MR) is 109 cm³/mol. The molecule has 0 heterocycles. The third-order valence-corrected chi connectivity index (χ3v) is 4.67. The lowest BCUT2D eigenvalue weighted by atomic mass is 9.94. The van der Waals surface area contributed by atoms with Crippen LogP contribution in [-0.2, 0) is 6.54 Å². The summed E-state index contributed by atoms with van der Waals surface area (Å²) < 4.78 is 0. The third-order valence-electron chi connectivity index (χ3n) is 4.67. The topological polar surface area (TPSA) is 110 Å². The highest BCUT2D eigenvalue weighted by atomic mass is 16.4. The van der Waals surface area contributed by atoms with Crippen LogP contribution < -0.4 is 5.32 Å². The van der Waals surface area contributed by atoms with Crippen LogP contribution in [0.3, 0.4) is 0 Å². The Labute approximate surface area is 167 Å². The van der Waals surface area contributed by atoms with Crippen molar-refractivity contribution in [3.05, 3.63) is 88.5 Å². The highest BCUT2D eigenvalue weighted by molar-refractivity contribution is 5.99. The summed E-state index contributed by atoms with van der Waals surface area (Å²) in [5.41, 5.74) is 3.64. The molecule has 0 radical (unpaired) electrons. The summed E-state index contributed by atoms with van der Waals surface area (Å²) in [6, 6.07) is 19.5. The molecule has 3 rings (SSSR count). The van der Waals surface area contributed by atoms with Crippen molar-refractivity contribution < 1.29 is 19.8 Å². The molecule has 0 bridgehead atoms. The molecule has 3 aromatic rings. The van der Waals surface area contributed by atoms with E-state index in [9.17, 15) is 19.8 Å². The van der Waals surface area contributed by atoms with Gasteiger partial charge in [0.2, 0.25) is 0 Å². The number of hydrogen-bond donors (Lipinski definition) is 3. The summed E-state index contributed by atoms with van der Waals surface area (Å²) in [4.78, 5) is 23.2. The molecule has 6 nitrogen and oxygen atoms in total. The Bertz CT molecular complexity index is 1090. The fraction of sp³-hybridized carbons (Fsp3) is 0.0870. The van der Waals surface area contributed by atoms with E-state index in [1.807, 2.05) is 36.4 Å². The second kappa shape index (κ2) is 8.28. The number of nitrogens with one attached hydrogen (secondary N) is 1. The van der Waals surface area contributed by atoms with E-state index in [0.29, 0.717) is 23.2 Å². The second-order valence-corrected chi connectivity index (χ2v) is 6.51. The summed E-state index contributed by atoms with van der Waals surface area (Å²) in [6.07, 6.45) is 0. The van der Waals surface area contributed by atoms with E-state index in [2.05, 4.69) is 11.4 Å². The number of hydrogen-bond acceptors (Lipinski definition) is 4. The Balaban J connectivity index is 1.99. The first kappa shape index (κ1) is 19.6. The quantitative estimate of drug-likeness (QED) is 0.573. The molecule has 0 aromatic heterocycles. The predicted octanol–water partition coefficient (Wildman–Crippen LogP) is 4.54. The summed E-state index contributed by atoms with van der Waals surface area (Å²) in [7, 11) is 0. The van der Waals surface area contributed by atoms with Crippen molar-refractivity contribution in [1.82, 2.24) is 0 Å². The lowest BCUT2D eigenvalue weighted by Gasteiger charge is -2.15. The Morgan fingerprint density at radius 3 is 2.10 bits per heavy atom. The molecule has 0 amide bonds. The van der Waals surface area contributed by atoms with Gasteiger partial charge in [-0.1, -0.05) is 30.3 Å². The fourth-order valence-electron chi connectivity index (χ4n) is 3.10. The standard InChI is InChI=1S/C23H18N2O4/c1-14-19(22(26)27)10-17(11-20(14)23(28)29)18-4-2-3-5-21(18)25-13-16-8-6-15(12-24)7-9-16/h2-11,25H,13H2,1H3,(H,26,27)(H,28,29). The molecule has 3 N–H and O–H groups in total. The number of carboxylic acid groups (broad SMARTS) is 2. The Morgan fingerprint density at radius 2 is 1.55 bits per heavy atom. The molecule has 29 heavy (non-hydrogen) atoms. The van der Waals surface area contributed by atoms with Gasteiger partial charge in [0.05, 0.1) is 22.8 Å². The number of aromatic carboxylic acids is 2. The van der Waals surface area contributed by atoms with Gasteiger partial charge in [0.1, 0.15) is 0 Å². The van der Waals surface area contributed by atoms with Crippen molar-refractivity contribution in [1.29, 1.82) is 5.26 Å². The molecule has 144 valence electrons. The van der Waals surface area contributed by atoms with Crippen LogP contribution in [0.25, 0.3) is 11.1 Å². The van der Waals surface area contributed by atoms with E-state index < -0.39 is 11.9 Å². The monoisotopic (exact) mass is 386 g/mol. The first-order valence-electron chi connectivity index (χ1n) is 8.84. The van der Waals surface area contributed by atoms with Gasteiger partial charge in [0.25, 0.3) is 0 Å². The smallest absolute Gasteiger partial charge is 0.335 e. The van der Waals surface area contributed by atoms with Gasteiger partial charge in [0.15, 0.2) is 0 Å². The number of para-hydroxylation sites is 1. The number of nitrogens with zero attached hydrogens (tertiary/aromatic N) is 1. The SMILES string of the molecule is Cc1c(C(=O)O)cc(-c2ccccc2NCc2ccc(C#N)cc2)cc1C(=O)O. The second-order valence-electron chi connectivity index (χ2n) is 6.51. The van der Waals surface area contributed by atoms with E-state index in [-0.39, 0.29) is 16.7 Å². The number of rotatable bonds is 6. The van der Waals surface area contributed by atoms with Crippen LogP contribution >= 0.6 is 0 Å². The van der Waals surface area contributed by atoms with E-state index in [1.165, 1.54) is 19.1 Å². The zero-order chi connectivity index (χ0) is 21.0. The minimum atomic E-state index is -1.17. The van der Waals surface area contributed by atoms with Gasteiger partial charge < -0.3 is 15.5 Å². The zero-order valence-corrected chi connectivity index (χ0v) is 15.6. The van der Waals surface area contributed by atoms with Gasteiger partial charge in [-0.2, -0.15) is 5.26 Å². The average molecular weight is 386 g/mol. The maximum Gasteiger partial charge on any atom is 0.335 e. The maximum absolute atomic E-state index is 11.6. The van der Waals surface area contributed by atoms with E-state index >= 15 is 0 Å². The minimum Gasteiger partial charge on any atom is -0.478 e. The Morgan fingerprint density at radius 1 is 0.966 bits per heavy atom. The molecule has 0 fully saturated rings. The molecule has 0 atom stereocenters. The van der Waals surface area contributed by atoms with Crippen molar-refractivity contribution in [2.24, 2.45) is 0 Å². The lowest BCUT2D eigenvalue weighted by molar-refractivity contribution is 0.0696. The van der Waals surface area contributed by atoms with Gasteiger partial charge in [0, 0.05) is 17.8 Å². The van der Waals surface area contributed by atoms with Crippen LogP contribution in [0.2, 0.25) is 0 Å². The molecule has 0 saturated carbocycles. The summed E-state index contributed by atoms with van der Waals surface area (Å²) in [5.74, 6) is -2.34. The summed E-state index contributed by atoms with van der Waals surface area (Å²) in [6.45, 7) is 1.98. The molecular weight excluding hydrogens is 368 g/mol. The van der Waals surface area contributed by atoms with Crippen LogP contribution in [-0.4, -0.2) is 22.2 Å². The lowest BCUT2D eigenvalue weighted by Crippen LogP contribution is -2.08. The van der Waals surface area contributed by atoms with Gasteiger partial charge in [-0.25, -0.2) is 9.59 Å². The third kappa shape index (κ3) is 4.25.